The molecule has 0 aromatic heterocycles. The lowest BCUT2D eigenvalue weighted by molar-refractivity contribution is -0.118. The number of anilines is 1. The number of benzene rings is 2. The molecule has 8 nitrogen and oxygen atoms in total. The van der Waals surface area contributed by atoms with Crippen LogP contribution in [0.3, 0.4) is 0 Å². The minimum absolute atomic E-state index is 0.0598. The van der Waals surface area contributed by atoms with Crippen LogP contribution in [-0.2, 0) is 16.1 Å². The lowest BCUT2D eigenvalue weighted by Crippen LogP contribution is -2.41. The van der Waals surface area contributed by atoms with Crippen molar-refractivity contribution in [2.45, 2.75) is 51.5 Å². The predicted molar refractivity (Wildman–Crippen MR) is 138 cm³/mol. The van der Waals surface area contributed by atoms with E-state index in [2.05, 4.69) is 11.0 Å². The minimum Gasteiger partial charge on any atom is -0.494 e. The molecule has 3 fully saturated rings. The van der Waals surface area contributed by atoms with E-state index in [4.69, 9.17) is 14.6 Å². The molecule has 196 valence electrons. The van der Waals surface area contributed by atoms with Gasteiger partial charge in [-0.25, -0.2) is 9.59 Å². The summed E-state index contributed by atoms with van der Waals surface area (Å²) in [4.78, 5) is 40.7. The minimum atomic E-state index is -0.972. The number of carbonyl (C=O) groups is 3. The number of carboxylic acids is 1. The molecule has 1 N–H and O–H groups in total. The topological polar surface area (TPSA) is 96.4 Å². The van der Waals surface area contributed by atoms with Crippen LogP contribution >= 0.6 is 0 Å². The summed E-state index contributed by atoms with van der Waals surface area (Å²) in [6.45, 7) is 5.62. The van der Waals surface area contributed by atoms with E-state index in [0.717, 1.165) is 67.9 Å². The molecule has 0 unspecified atom stereocenters. The molecule has 2 aromatic carbocycles. The second kappa shape index (κ2) is 10.2. The van der Waals surface area contributed by atoms with Crippen molar-refractivity contribution in [1.29, 1.82) is 0 Å². The smallest absolute Gasteiger partial charge is 0.338 e. The summed E-state index contributed by atoms with van der Waals surface area (Å²) in [5, 5.41) is 9.15. The number of amides is 1. The Morgan fingerprint density at radius 2 is 1.81 bits per heavy atom. The van der Waals surface area contributed by atoms with Gasteiger partial charge in [0, 0.05) is 30.8 Å². The fraction of sp³-hybridized carbons (Fsp3) is 0.483. The summed E-state index contributed by atoms with van der Waals surface area (Å²) in [7, 11) is 1.41. The number of carbonyl (C=O) groups excluding carboxylic acids is 2. The lowest BCUT2D eigenvalue weighted by Gasteiger charge is -2.39. The fourth-order valence-corrected chi connectivity index (χ4v) is 5.75. The third kappa shape index (κ3) is 5.21. The molecule has 5 rings (SSSR count). The van der Waals surface area contributed by atoms with E-state index in [1.807, 2.05) is 17.9 Å². The highest BCUT2D eigenvalue weighted by atomic mass is 16.5. The Bertz CT molecular complexity index is 1200. The van der Waals surface area contributed by atoms with E-state index in [9.17, 15) is 14.4 Å². The Morgan fingerprint density at radius 1 is 1.11 bits per heavy atom. The molecule has 8 heteroatoms. The zero-order valence-electron chi connectivity index (χ0n) is 21.5. The van der Waals surface area contributed by atoms with Gasteiger partial charge in [0.1, 0.15) is 5.75 Å². The maximum Gasteiger partial charge on any atom is 0.338 e. The van der Waals surface area contributed by atoms with Crippen molar-refractivity contribution >= 4 is 23.5 Å². The van der Waals surface area contributed by atoms with E-state index < -0.39 is 5.97 Å². The van der Waals surface area contributed by atoms with Gasteiger partial charge in [-0.3, -0.25) is 9.69 Å². The van der Waals surface area contributed by atoms with Crippen LogP contribution in [0.4, 0.5) is 5.69 Å². The van der Waals surface area contributed by atoms with Crippen LogP contribution in [0.2, 0.25) is 0 Å². The van der Waals surface area contributed by atoms with Gasteiger partial charge in [0.2, 0.25) is 5.91 Å². The highest BCUT2D eigenvalue weighted by Gasteiger charge is 2.45. The van der Waals surface area contributed by atoms with Gasteiger partial charge in [0.15, 0.2) is 0 Å². The molecule has 0 bridgehead atoms. The van der Waals surface area contributed by atoms with Gasteiger partial charge in [0.05, 0.1) is 24.8 Å². The van der Waals surface area contributed by atoms with E-state index in [1.54, 1.807) is 24.3 Å². The molecular weight excluding hydrogens is 472 g/mol. The number of carboxylic acid groups (broad SMARTS) is 1. The number of rotatable bonds is 8. The van der Waals surface area contributed by atoms with E-state index in [1.165, 1.54) is 7.11 Å². The van der Waals surface area contributed by atoms with Crippen molar-refractivity contribution in [2.24, 2.45) is 5.41 Å². The van der Waals surface area contributed by atoms with Crippen LogP contribution in [0.1, 0.15) is 76.8 Å². The van der Waals surface area contributed by atoms with Crippen molar-refractivity contribution in [2.75, 3.05) is 38.3 Å². The SMILES string of the molecule is CCOc1cc(C(=O)OC)c(C2CC2)cc1CN1CCC2(CC1)CC(=O)N(c1ccc(C(=O)O)cc1)C2. The van der Waals surface area contributed by atoms with Crippen LogP contribution in [0.25, 0.3) is 0 Å². The molecule has 1 saturated carbocycles. The Kier molecular flexibility index (Phi) is 6.94. The molecule has 2 saturated heterocycles. The quantitative estimate of drug-likeness (QED) is 0.528. The summed E-state index contributed by atoms with van der Waals surface area (Å²) in [5.74, 6) is -0.0439. The van der Waals surface area contributed by atoms with E-state index >= 15 is 0 Å². The zero-order valence-corrected chi connectivity index (χ0v) is 21.5. The van der Waals surface area contributed by atoms with Crippen molar-refractivity contribution < 1.29 is 29.0 Å². The standard InChI is InChI=1S/C29H34N2O6/c1-3-37-25-15-24(28(35)36-2)23(19-4-5-19)14-21(25)17-30-12-10-29(11-13-30)16-26(32)31(18-29)22-8-6-20(7-9-22)27(33)34/h6-9,14-15,19H,3-5,10-13,16-18H2,1-2H3,(H,33,34). The predicted octanol–water partition coefficient (Wildman–Crippen LogP) is 4.47. The average Bonchev–Trinajstić information content (AvgIpc) is 3.69. The summed E-state index contributed by atoms with van der Waals surface area (Å²) in [6.07, 6.45) is 4.54. The largest absolute Gasteiger partial charge is 0.494 e. The number of hydrogen-bond acceptors (Lipinski definition) is 6. The fourth-order valence-electron chi connectivity index (χ4n) is 5.75. The van der Waals surface area contributed by atoms with Gasteiger partial charge < -0.3 is 19.5 Å². The number of methoxy groups -OCH3 is 1. The third-order valence-corrected chi connectivity index (χ3v) is 8.01. The number of nitrogens with zero attached hydrogens (tertiary/aromatic N) is 2. The van der Waals surface area contributed by atoms with Crippen LogP contribution < -0.4 is 9.64 Å². The molecule has 1 amide bonds. The number of likely N-dealkylation sites (tertiary alicyclic amines) is 1. The Morgan fingerprint density at radius 3 is 2.41 bits per heavy atom. The number of aromatic carboxylic acids is 1. The monoisotopic (exact) mass is 506 g/mol. The molecule has 2 heterocycles. The molecule has 0 atom stereocenters. The highest BCUT2D eigenvalue weighted by molar-refractivity contribution is 5.97. The molecule has 3 aliphatic rings. The Hall–Kier alpha value is -3.39. The summed E-state index contributed by atoms with van der Waals surface area (Å²) in [6, 6.07) is 10.5. The maximum absolute atomic E-state index is 12.9. The number of esters is 1. The lowest BCUT2D eigenvalue weighted by atomic mass is 9.77. The van der Waals surface area contributed by atoms with Crippen LogP contribution in [0, 0.1) is 5.41 Å². The molecule has 0 radical (unpaired) electrons. The van der Waals surface area contributed by atoms with E-state index in [-0.39, 0.29) is 22.9 Å². The second-order valence-electron chi connectivity index (χ2n) is 10.5. The van der Waals surface area contributed by atoms with Crippen molar-refractivity contribution in [3.8, 4) is 5.75 Å². The molecular formula is C29H34N2O6. The van der Waals surface area contributed by atoms with Gasteiger partial charge >= 0.3 is 11.9 Å². The zero-order chi connectivity index (χ0) is 26.2. The number of hydrogen-bond donors (Lipinski definition) is 1. The normalized spacial score (nSPS) is 19.3. The number of ether oxygens (including phenoxy) is 2. The van der Waals surface area contributed by atoms with Gasteiger partial charge in [-0.2, -0.15) is 0 Å². The summed E-state index contributed by atoms with van der Waals surface area (Å²) >= 11 is 0. The van der Waals surface area contributed by atoms with Crippen LogP contribution in [0.15, 0.2) is 36.4 Å². The first-order valence-electron chi connectivity index (χ1n) is 13.1. The van der Waals surface area contributed by atoms with Crippen LogP contribution in [-0.4, -0.2) is 61.2 Å². The molecule has 37 heavy (non-hydrogen) atoms. The van der Waals surface area contributed by atoms with Crippen LogP contribution in [0.5, 0.6) is 5.75 Å². The molecule has 1 spiro atoms. The third-order valence-electron chi connectivity index (χ3n) is 8.01. The van der Waals surface area contributed by atoms with Gasteiger partial charge in [0.25, 0.3) is 0 Å². The van der Waals surface area contributed by atoms with Gasteiger partial charge in [-0.15, -0.1) is 0 Å². The number of piperidine rings is 1. The van der Waals surface area contributed by atoms with Crippen molar-refractivity contribution in [3.05, 3.63) is 58.7 Å². The highest BCUT2D eigenvalue weighted by Crippen LogP contribution is 2.45. The van der Waals surface area contributed by atoms with Gasteiger partial charge in [-0.05, 0) is 99.0 Å². The van der Waals surface area contributed by atoms with Gasteiger partial charge in [-0.1, -0.05) is 0 Å². The molecule has 2 aliphatic heterocycles. The van der Waals surface area contributed by atoms with Crippen molar-refractivity contribution in [1.82, 2.24) is 4.90 Å². The summed E-state index contributed by atoms with van der Waals surface area (Å²) in [5.41, 5.74) is 3.68. The summed E-state index contributed by atoms with van der Waals surface area (Å²) < 4.78 is 11.0. The maximum atomic E-state index is 12.9. The average molecular weight is 507 g/mol. The first-order chi connectivity index (χ1) is 17.8. The van der Waals surface area contributed by atoms with E-state index in [0.29, 0.717) is 31.1 Å². The van der Waals surface area contributed by atoms with Crippen molar-refractivity contribution in [3.63, 3.8) is 0 Å². The Labute approximate surface area is 217 Å². The molecule has 2 aromatic rings. The first kappa shape index (κ1) is 25.3. The first-order valence-corrected chi connectivity index (χ1v) is 13.1. The molecule has 1 aliphatic carbocycles. The Balaban J connectivity index is 1.27. The second-order valence-corrected chi connectivity index (χ2v) is 10.5.